The Labute approximate surface area is 79.1 Å². The van der Waals surface area contributed by atoms with E-state index in [2.05, 4.69) is 4.90 Å². The second-order valence-electron chi connectivity index (χ2n) is 3.01. The van der Waals surface area contributed by atoms with Gasteiger partial charge in [-0.05, 0) is 34.0 Å². The summed E-state index contributed by atoms with van der Waals surface area (Å²) in [5.74, 6) is -0.963. The molecule has 0 amide bonds. The zero-order valence-corrected chi connectivity index (χ0v) is 8.53. The minimum Gasteiger partial charge on any atom is -0.480 e. The van der Waals surface area contributed by atoms with Crippen molar-refractivity contribution in [2.24, 2.45) is 5.73 Å². The summed E-state index contributed by atoms with van der Waals surface area (Å²) >= 11 is 0. The molecule has 0 heterocycles. The van der Waals surface area contributed by atoms with Gasteiger partial charge in [-0.3, -0.25) is 4.79 Å². The molecule has 0 aromatic carbocycles. The molecule has 0 rings (SSSR count). The zero-order valence-electron chi connectivity index (χ0n) is 8.53. The van der Waals surface area contributed by atoms with E-state index < -0.39 is 12.0 Å². The van der Waals surface area contributed by atoms with Crippen molar-refractivity contribution in [3.05, 3.63) is 0 Å². The summed E-state index contributed by atoms with van der Waals surface area (Å²) in [6.07, 6.45) is 0.882. The lowest BCUT2D eigenvalue weighted by Crippen LogP contribution is -2.25. The number of carboxylic acids is 1. The SMILES string of the molecule is CC(N)C(=O)O.CN(C)CCCO. The summed E-state index contributed by atoms with van der Waals surface area (Å²) in [7, 11) is 3.99. The minimum absolute atomic E-state index is 0.304. The van der Waals surface area contributed by atoms with E-state index in [1.165, 1.54) is 6.92 Å². The molecule has 0 aromatic rings. The number of carbonyl (C=O) groups is 1. The monoisotopic (exact) mass is 192 g/mol. The Hall–Kier alpha value is -0.650. The quantitative estimate of drug-likeness (QED) is 0.551. The fraction of sp³-hybridized carbons (Fsp3) is 0.875. The lowest BCUT2D eigenvalue weighted by Gasteiger charge is -2.05. The summed E-state index contributed by atoms with van der Waals surface area (Å²) in [4.78, 5) is 11.6. The molecule has 5 nitrogen and oxygen atoms in total. The highest BCUT2D eigenvalue weighted by atomic mass is 16.4. The van der Waals surface area contributed by atoms with Gasteiger partial charge >= 0.3 is 5.97 Å². The topological polar surface area (TPSA) is 86.8 Å². The van der Waals surface area contributed by atoms with E-state index >= 15 is 0 Å². The summed E-state index contributed by atoms with van der Waals surface area (Å²) in [6.45, 7) is 2.71. The maximum absolute atomic E-state index is 9.57. The number of carboxylic acid groups (broad SMARTS) is 1. The highest BCUT2D eigenvalue weighted by Crippen LogP contribution is 1.77. The van der Waals surface area contributed by atoms with Gasteiger partial charge in [-0.25, -0.2) is 0 Å². The normalized spacial score (nSPS) is 11.8. The van der Waals surface area contributed by atoms with Gasteiger partial charge in [-0.1, -0.05) is 0 Å². The number of aliphatic hydroxyl groups excluding tert-OH is 1. The highest BCUT2D eigenvalue weighted by molar-refractivity contribution is 5.72. The molecular weight excluding hydrogens is 172 g/mol. The summed E-state index contributed by atoms with van der Waals surface area (Å²) < 4.78 is 0. The molecule has 1 atom stereocenters. The first-order valence-electron chi connectivity index (χ1n) is 4.15. The Morgan fingerprint density at radius 2 is 1.92 bits per heavy atom. The van der Waals surface area contributed by atoms with Crippen molar-refractivity contribution in [3.63, 3.8) is 0 Å². The number of nitrogens with two attached hydrogens (primary N) is 1. The van der Waals surface area contributed by atoms with Gasteiger partial charge in [-0.2, -0.15) is 0 Å². The average Bonchev–Trinajstić information content (AvgIpc) is 2.01. The standard InChI is InChI=1S/C5H13NO.C3H7NO2/c1-6(2)4-3-5-7;1-2(4)3(5)6/h7H,3-5H2,1-2H3;2H,4H2,1H3,(H,5,6). The van der Waals surface area contributed by atoms with Crippen molar-refractivity contribution in [2.75, 3.05) is 27.2 Å². The van der Waals surface area contributed by atoms with Crippen LogP contribution in [-0.4, -0.2) is 54.4 Å². The molecular formula is C8H20N2O3. The van der Waals surface area contributed by atoms with Crippen LogP contribution >= 0.6 is 0 Å². The van der Waals surface area contributed by atoms with Crippen LogP contribution in [0.4, 0.5) is 0 Å². The summed E-state index contributed by atoms with van der Waals surface area (Å²) in [6, 6.07) is -0.731. The van der Waals surface area contributed by atoms with Gasteiger partial charge in [0, 0.05) is 6.61 Å². The summed E-state index contributed by atoms with van der Waals surface area (Å²) in [5.41, 5.74) is 4.84. The maximum Gasteiger partial charge on any atom is 0.320 e. The third-order valence-corrected chi connectivity index (χ3v) is 1.15. The average molecular weight is 192 g/mol. The van der Waals surface area contributed by atoms with Gasteiger partial charge in [0.25, 0.3) is 0 Å². The van der Waals surface area contributed by atoms with Crippen LogP contribution in [0.25, 0.3) is 0 Å². The minimum atomic E-state index is -0.963. The largest absolute Gasteiger partial charge is 0.480 e. The fourth-order valence-electron chi connectivity index (χ4n) is 0.387. The van der Waals surface area contributed by atoms with Gasteiger partial charge in [0.1, 0.15) is 6.04 Å². The Bertz CT molecular complexity index is 127. The molecule has 0 spiro atoms. The summed E-state index contributed by atoms with van der Waals surface area (Å²) in [5, 5.41) is 16.2. The van der Waals surface area contributed by atoms with Crippen LogP contribution in [0.1, 0.15) is 13.3 Å². The van der Waals surface area contributed by atoms with Crippen molar-refractivity contribution in [1.29, 1.82) is 0 Å². The predicted molar refractivity (Wildman–Crippen MR) is 51.5 cm³/mol. The van der Waals surface area contributed by atoms with E-state index in [4.69, 9.17) is 15.9 Å². The number of aliphatic carboxylic acids is 1. The molecule has 0 bridgehead atoms. The van der Waals surface area contributed by atoms with Gasteiger partial charge < -0.3 is 20.8 Å². The fourth-order valence-corrected chi connectivity index (χ4v) is 0.387. The van der Waals surface area contributed by atoms with Crippen LogP contribution in [-0.2, 0) is 4.79 Å². The Kier molecular flexibility index (Phi) is 10.8. The molecule has 0 saturated carbocycles. The molecule has 0 aromatic heterocycles. The Balaban J connectivity index is 0. The van der Waals surface area contributed by atoms with Gasteiger partial charge in [0.15, 0.2) is 0 Å². The number of hydrogen-bond acceptors (Lipinski definition) is 4. The van der Waals surface area contributed by atoms with E-state index in [0.29, 0.717) is 6.61 Å². The first-order chi connectivity index (χ1) is 5.91. The first kappa shape index (κ1) is 14.9. The molecule has 5 heteroatoms. The molecule has 0 radical (unpaired) electrons. The van der Waals surface area contributed by atoms with E-state index in [-0.39, 0.29) is 0 Å². The van der Waals surface area contributed by atoms with E-state index in [9.17, 15) is 4.79 Å². The van der Waals surface area contributed by atoms with Crippen LogP contribution in [0.3, 0.4) is 0 Å². The Morgan fingerprint density at radius 1 is 1.54 bits per heavy atom. The molecule has 80 valence electrons. The number of aliphatic hydroxyl groups is 1. The number of nitrogens with zero attached hydrogens (tertiary/aromatic N) is 1. The van der Waals surface area contributed by atoms with Crippen molar-refractivity contribution in [3.8, 4) is 0 Å². The molecule has 0 fully saturated rings. The van der Waals surface area contributed by atoms with Crippen LogP contribution in [0.5, 0.6) is 0 Å². The third-order valence-electron chi connectivity index (χ3n) is 1.15. The molecule has 4 N–H and O–H groups in total. The second kappa shape index (κ2) is 9.44. The molecule has 1 unspecified atom stereocenters. The van der Waals surface area contributed by atoms with E-state index in [1.54, 1.807) is 0 Å². The van der Waals surface area contributed by atoms with Crippen LogP contribution in [0.15, 0.2) is 0 Å². The lowest BCUT2D eigenvalue weighted by atomic mass is 10.4. The van der Waals surface area contributed by atoms with Crippen LogP contribution in [0.2, 0.25) is 0 Å². The van der Waals surface area contributed by atoms with Crippen molar-refractivity contribution >= 4 is 5.97 Å². The maximum atomic E-state index is 9.57. The highest BCUT2D eigenvalue weighted by Gasteiger charge is 1.99. The zero-order chi connectivity index (χ0) is 10.9. The van der Waals surface area contributed by atoms with Crippen LogP contribution < -0.4 is 5.73 Å². The van der Waals surface area contributed by atoms with Crippen molar-refractivity contribution in [2.45, 2.75) is 19.4 Å². The number of rotatable bonds is 4. The van der Waals surface area contributed by atoms with Gasteiger partial charge in [0.05, 0.1) is 0 Å². The molecule has 0 saturated heterocycles. The second-order valence-corrected chi connectivity index (χ2v) is 3.01. The van der Waals surface area contributed by atoms with Crippen molar-refractivity contribution < 1.29 is 15.0 Å². The van der Waals surface area contributed by atoms with Gasteiger partial charge in [-0.15, -0.1) is 0 Å². The van der Waals surface area contributed by atoms with Crippen LogP contribution in [0, 0.1) is 0 Å². The molecule has 13 heavy (non-hydrogen) atoms. The predicted octanol–water partition coefficient (Wildman–Crippen LogP) is -0.651. The van der Waals surface area contributed by atoms with Crippen molar-refractivity contribution in [1.82, 2.24) is 4.90 Å². The smallest absolute Gasteiger partial charge is 0.320 e. The van der Waals surface area contributed by atoms with Gasteiger partial charge in [0.2, 0.25) is 0 Å². The molecule has 0 aliphatic rings. The first-order valence-corrected chi connectivity index (χ1v) is 4.15. The van der Waals surface area contributed by atoms with E-state index in [0.717, 1.165) is 13.0 Å². The third kappa shape index (κ3) is 18.4. The molecule has 0 aliphatic heterocycles. The molecule has 0 aliphatic carbocycles. The lowest BCUT2D eigenvalue weighted by molar-refractivity contribution is -0.138. The van der Waals surface area contributed by atoms with E-state index in [1.807, 2.05) is 14.1 Å². The Morgan fingerprint density at radius 3 is 2.00 bits per heavy atom. The number of hydrogen-bond donors (Lipinski definition) is 3.